The van der Waals surface area contributed by atoms with E-state index in [1.54, 1.807) is 34.5 Å². The highest BCUT2D eigenvalue weighted by molar-refractivity contribution is 7.09. The summed E-state index contributed by atoms with van der Waals surface area (Å²) in [5.74, 6) is 0.606. The zero-order valence-electron chi connectivity index (χ0n) is 17.3. The monoisotopic (exact) mass is 470 g/mol. The molecule has 0 unspecified atom stereocenters. The molecule has 1 aliphatic rings. The number of carbonyl (C=O) groups excluding carboxylic acids is 2. The number of piperidine rings is 1. The van der Waals surface area contributed by atoms with Crippen LogP contribution in [-0.2, 0) is 6.61 Å². The van der Waals surface area contributed by atoms with Crippen LogP contribution in [-0.4, -0.2) is 41.0 Å². The predicted octanol–water partition coefficient (Wildman–Crippen LogP) is 4.80. The Kier molecular flexibility index (Phi) is 7.24. The molecule has 0 spiro atoms. The van der Waals surface area contributed by atoms with Crippen LogP contribution < -0.4 is 15.4 Å². The Labute approximate surface area is 195 Å². The Hall–Kier alpha value is -3.10. The fourth-order valence-corrected chi connectivity index (χ4v) is 4.22. The third kappa shape index (κ3) is 5.99. The Balaban J connectivity index is 1.23. The van der Waals surface area contributed by atoms with Gasteiger partial charge < -0.3 is 20.3 Å². The van der Waals surface area contributed by atoms with Crippen molar-refractivity contribution in [1.29, 1.82) is 0 Å². The summed E-state index contributed by atoms with van der Waals surface area (Å²) in [5.41, 5.74) is 1.18. The number of urea groups is 1. The highest BCUT2D eigenvalue weighted by atomic mass is 35.5. The SMILES string of the molecule is O=C(Nc1ccccc1)NC1CCN(C(=O)c2csc(COc3ccc(Cl)cc3)n2)CC1. The molecule has 0 bridgehead atoms. The van der Waals surface area contributed by atoms with E-state index in [0.29, 0.717) is 49.0 Å². The van der Waals surface area contributed by atoms with Crippen molar-refractivity contribution in [3.05, 3.63) is 75.7 Å². The molecule has 0 aliphatic carbocycles. The summed E-state index contributed by atoms with van der Waals surface area (Å²) >= 11 is 7.27. The Morgan fingerprint density at radius 3 is 2.53 bits per heavy atom. The number of benzene rings is 2. The first kappa shape index (κ1) is 22.1. The van der Waals surface area contributed by atoms with Gasteiger partial charge in [0, 0.05) is 35.2 Å². The zero-order chi connectivity index (χ0) is 22.3. The molecular weight excluding hydrogens is 448 g/mol. The van der Waals surface area contributed by atoms with Crippen molar-refractivity contribution in [1.82, 2.24) is 15.2 Å². The van der Waals surface area contributed by atoms with Crippen LogP contribution in [0.4, 0.5) is 10.5 Å². The molecule has 0 radical (unpaired) electrons. The lowest BCUT2D eigenvalue weighted by atomic mass is 10.0. The Morgan fingerprint density at radius 2 is 1.81 bits per heavy atom. The number of likely N-dealkylation sites (tertiary alicyclic amines) is 1. The van der Waals surface area contributed by atoms with Crippen LogP contribution in [0.5, 0.6) is 5.75 Å². The number of thiazole rings is 1. The van der Waals surface area contributed by atoms with Crippen molar-refractivity contribution >= 4 is 40.6 Å². The average Bonchev–Trinajstić information content (AvgIpc) is 3.28. The van der Waals surface area contributed by atoms with Gasteiger partial charge in [-0.1, -0.05) is 29.8 Å². The number of carbonyl (C=O) groups is 2. The van der Waals surface area contributed by atoms with Crippen molar-refractivity contribution < 1.29 is 14.3 Å². The molecular formula is C23H23ClN4O3S. The second-order valence-electron chi connectivity index (χ2n) is 7.40. The minimum Gasteiger partial charge on any atom is -0.486 e. The largest absolute Gasteiger partial charge is 0.486 e. The second kappa shape index (κ2) is 10.5. The molecule has 1 saturated heterocycles. The maximum atomic E-state index is 12.8. The number of ether oxygens (including phenoxy) is 1. The van der Waals surface area contributed by atoms with E-state index in [4.69, 9.17) is 16.3 Å². The molecule has 2 heterocycles. The van der Waals surface area contributed by atoms with Crippen LogP contribution in [0.3, 0.4) is 0 Å². The van der Waals surface area contributed by atoms with Crippen LogP contribution in [0.1, 0.15) is 28.3 Å². The number of nitrogens with one attached hydrogen (secondary N) is 2. The standard InChI is InChI=1S/C23H23ClN4O3S/c24-16-6-8-19(9-7-16)31-14-21-27-20(15-32-21)22(29)28-12-10-18(11-13-28)26-23(30)25-17-4-2-1-3-5-17/h1-9,15,18H,10-14H2,(H2,25,26,30). The van der Waals surface area contributed by atoms with E-state index >= 15 is 0 Å². The Morgan fingerprint density at radius 1 is 1.09 bits per heavy atom. The van der Waals surface area contributed by atoms with Gasteiger partial charge in [0.1, 0.15) is 23.1 Å². The predicted molar refractivity (Wildman–Crippen MR) is 125 cm³/mol. The van der Waals surface area contributed by atoms with Gasteiger partial charge in [0.05, 0.1) is 0 Å². The molecule has 7 nitrogen and oxygen atoms in total. The van der Waals surface area contributed by atoms with E-state index in [0.717, 1.165) is 10.7 Å². The minimum atomic E-state index is -0.231. The Bertz CT molecular complexity index is 1050. The summed E-state index contributed by atoms with van der Waals surface area (Å²) in [6.07, 6.45) is 1.40. The number of nitrogens with zero attached hydrogens (tertiary/aromatic N) is 2. The molecule has 4 rings (SSSR count). The maximum absolute atomic E-state index is 12.8. The summed E-state index contributed by atoms with van der Waals surface area (Å²) in [4.78, 5) is 31.2. The molecule has 3 amide bonds. The molecule has 2 aromatic carbocycles. The third-order valence-electron chi connectivity index (χ3n) is 5.10. The third-order valence-corrected chi connectivity index (χ3v) is 6.17. The number of amides is 3. The number of anilines is 1. The van der Waals surface area contributed by atoms with Gasteiger partial charge in [-0.15, -0.1) is 11.3 Å². The van der Waals surface area contributed by atoms with Crippen LogP contribution >= 0.6 is 22.9 Å². The van der Waals surface area contributed by atoms with Gasteiger partial charge >= 0.3 is 6.03 Å². The lowest BCUT2D eigenvalue weighted by Crippen LogP contribution is -2.47. The van der Waals surface area contributed by atoms with Gasteiger partial charge in [-0.25, -0.2) is 9.78 Å². The maximum Gasteiger partial charge on any atom is 0.319 e. The van der Waals surface area contributed by atoms with Crippen molar-refractivity contribution in [3.8, 4) is 5.75 Å². The molecule has 1 aliphatic heterocycles. The first-order chi connectivity index (χ1) is 15.6. The number of halogens is 1. The van der Waals surface area contributed by atoms with Crippen LogP contribution in [0.2, 0.25) is 5.02 Å². The lowest BCUT2D eigenvalue weighted by Gasteiger charge is -2.32. The van der Waals surface area contributed by atoms with E-state index in [-0.39, 0.29) is 18.0 Å². The van der Waals surface area contributed by atoms with Gasteiger partial charge in [-0.05, 0) is 49.2 Å². The van der Waals surface area contributed by atoms with E-state index in [2.05, 4.69) is 15.6 Å². The summed E-state index contributed by atoms with van der Waals surface area (Å²) in [7, 11) is 0. The van der Waals surface area contributed by atoms with Crippen molar-refractivity contribution in [2.24, 2.45) is 0 Å². The highest BCUT2D eigenvalue weighted by Gasteiger charge is 2.26. The second-order valence-corrected chi connectivity index (χ2v) is 8.78. The quantitative estimate of drug-likeness (QED) is 0.542. The summed E-state index contributed by atoms with van der Waals surface area (Å²) in [6.45, 7) is 1.44. The molecule has 2 N–H and O–H groups in total. The van der Waals surface area contributed by atoms with Crippen molar-refractivity contribution in [2.75, 3.05) is 18.4 Å². The van der Waals surface area contributed by atoms with Crippen LogP contribution in [0.25, 0.3) is 0 Å². The van der Waals surface area contributed by atoms with Gasteiger partial charge in [-0.3, -0.25) is 4.79 Å². The summed E-state index contributed by atoms with van der Waals surface area (Å²) in [6, 6.07) is 16.2. The summed E-state index contributed by atoms with van der Waals surface area (Å²) in [5, 5.41) is 8.95. The lowest BCUT2D eigenvalue weighted by molar-refractivity contribution is 0.0703. The molecule has 0 saturated carbocycles. The van der Waals surface area contributed by atoms with E-state index in [1.807, 2.05) is 30.3 Å². The molecule has 9 heteroatoms. The first-order valence-electron chi connectivity index (χ1n) is 10.3. The fraction of sp³-hybridized carbons (Fsp3) is 0.261. The van der Waals surface area contributed by atoms with Crippen molar-refractivity contribution in [2.45, 2.75) is 25.5 Å². The average molecular weight is 471 g/mol. The van der Waals surface area contributed by atoms with Crippen LogP contribution in [0, 0.1) is 0 Å². The van der Waals surface area contributed by atoms with Gasteiger partial charge in [0.15, 0.2) is 0 Å². The van der Waals surface area contributed by atoms with Crippen molar-refractivity contribution in [3.63, 3.8) is 0 Å². The van der Waals surface area contributed by atoms with Gasteiger partial charge in [-0.2, -0.15) is 0 Å². The molecule has 3 aromatic rings. The number of rotatable bonds is 6. The molecule has 1 fully saturated rings. The van der Waals surface area contributed by atoms with Gasteiger partial charge in [0.2, 0.25) is 0 Å². The number of hydrogen-bond acceptors (Lipinski definition) is 5. The van der Waals surface area contributed by atoms with E-state index in [9.17, 15) is 9.59 Å². The topological polar surface area (TPSA) is 83.6 Å². The first-order valence-corrected chi connectivity index (χ1v) is 11.6. The summed E-state index contributed by atoms with van der Waals surface area (Å²) < 4.78 is 5.70. The normalized spacial score (nSPS) is 14.1. The zero-order valence-corrected chi connectivity index (χ0v) is 18.9. The minimum absolute atomic E-state index is 0.0292. The fourth-order valence-electron chi connectivity index (χ4n) is 3.41. The van der Waals surface area contributed by atoms with E-state index in [1.165, 1.54) is 11.3 Å². The number of aromatic nitrogens is 1. The van der Waals surface area contributed by atoms with Gasteiger partial charge in [0.25, 0.3) is 5.91 Å². The number of para-hydroxylation sites is 1. The smallest absolute Gasteiger partial charge is 0.319 e. The number of hydrogen-bond donors (Lipinski definition) is 2. The molecule has 32 heavy (non-hydrogen) atoms. The highest BCUT2D eigenvalue weighted by Crippen LogP contribution is 2.20. The van der Waals surface area contributed by atoms with Crippen LogP contribution in [0.15, 0.2) is 60.0 Å². The van der Waals surface area contributed by atoms with E-state index < -0.39 is 0 Å². The molecule has 0 atom stereocenters. The molecule has 166 valence electrons. The molecule has 1 aromatic heterocycles.